The lowest BCUT2D eigenvalue weighted by atomic mass is 10.1. The molecule has 0 saturated carbocycles. The smallest absolute Gasteiger partial charge is 0.257 e. The average Bonchev–Trinajstić information content (AvgIpc) is 3.26. The topological polar surface area (TPSA) is 69.5 Å². The lowest BCUT2D eigenvalue weighted by Gasteiger charge is -2.26. The van der Waals surface area contributed by atoms with Crippen molar-refractivity contribution >= 4 is 5.91 Å². The Bertz CT molecular complexity index is 907. The maximum atomic E-state index is 13.0. The van der Waals surface area contributed by atoms with Crippen molar-refractivity contribution in [2.45, 2.75) is 13.0 Å². The number of amides is 1. The Morgan fingerprint density at radius 2 is 1.85 bits per heavy atom. The lowest BCUT2D eigenvalue weighted by molar-refractivity contribution is 0.0739. The molecule has 1 aromatic heterocycles. The molecular weight excluding hydrogens is 344 g/mol. The predicted molar refractivity (Wildman–Crippen MR) is 101 cm³/mol. The van der Waals surface area contributed by atoms with E-state index in [1.807, 2.05) is 31.2 Å². The molecule has 0 aliphatic rings. The van der Waals surface area contributed by atoms with E-state index in [9.17, 15) is 4.79 Å². The summed E-state index contributed by atoms with van der Waals surface area (Å²) < 4.78 is 12.2. The molecule has 0 N–H and O–H groups in total. The van der Waals surface area contributed by atoms with Crippen LogP contribution in [0.2, 0.25) is 0 Å². The van der Waals surface area contributed by atoms with Crippen LogP contribution in [0.4, 0.5) is 0 Å². The van der Waals surface area contributed by atoms with Crippen LogP contribution in [-0.4, -0.2) is 46.8 Å². The van der Waals surface area contributed by atoms with Crippen molar-refractivity contribution in [2.75, 3.05) is 21.3 Å². The van der Waals surface area contributed by atoms with Crippen molar-refractivity contribution in [1.29, 1.82) is 0 Å². The average molecular weight is 366 g/mol. The van der Waals surface area contributed by atoms with Gasteiger partial charge in [0.25, 0.3) is 5.91 Å². The van der Waals surface area contributed by atoms with E-state index in [0.717, 1.165) is 11.3 Å². The molecule has 0 saturated heterocycles. The fraction of sp³-hybridized carbons (Fsp3) is 0.250. The summed E-state index contributed by atoms with van der Waals surface area (Å²) in [7, 11) is 4.90. The summed E-state index contributed by atoms with van der Waals surface area (Å²) in [6.07, 6.45) is 3.13. The fourth-order valence-corrected chi connectivity index (χ4v) is 2.81. The SMILES string of the molecule is COc1ccc(C(=O)N(C)C(C)c2ccc(-n3cncn3)cc2)c(OC)c1. The second-order valence-corrected chi connectivity index (χ2v) is 6.09. The van der Waals surface area contributed by atoms with E-state index in [1.165, 1.54) is 13.4 Å². The van der Waals surface area contributed by atoms with E-state index < -0.39 is 0 Å². The van der Waals surface area contributed by atoms with Gasteiger partial charge in [0.05, 0.1) is 31.5 Å². The molecule has 27 heavy (non-hydrogen) atoms. The zero-order chi connectivity index (χ0) is 19.4. The van der Waals surface area contributed by atoms with Crippen molar-refractivity contribution in [3.05, 3.63) is 66.2 Å². The molecule has 3 rings (SSSR count). The maximum Gasteiger partial charge on any atom is 0.257 e. The van der Waals surface area contributed by atoms with Crippen LogP contribution in [0, 0.1) is 0 Å². The van der Waals surface area contributed by atoms with Crippen LogP contribution < -0.4 is 9.47 Å². The van der Waals surface area contributed by atoms with Crippen molar-refractivity contribution in [3.8, 4) is 17.2 Å². The minimum atomic E-state index is -0.123. The van der Waals surface area contributed by atoms with Crippen LogP contribution in [0.3, 0.4) is 0 Å². The van der Waals surface area contributed by atoms with Gasteiger partial charge in [0.15, 0.2) is 0 Å². The molecule has 0 radical (unpaired) electrons. The number of nitrogens with zero attached hydrogens (tertiary/aromatic N) is 4. The summed E-state index contributed by atoms with van der Waals surface area (Å²) >= 11 is 0. The van der Waals surface area contributed by atoms with E-state index in [4.69, 9.17) is 9.47 Å². The molecule has 140 valence electrons. The zero-order valence-corrected chi connectivity index (χ0v) is 15.8. The first-order valence-corrected chi connectivity index (χ1v) is 8.49. The van der Waals surface area contributed by atoms with Crippen LogP contribution in [0.1, 0.15) is 28.9 Å². The van der Waals surface area contributed by atoms with Crippen LogP contribution in [0.15, 0.2) is 55.1 Å². The third kappa shape index (κ3) is 3.76. The summed E-state index contributed by atoms with van der Waals surface area (Å²) in [6.45, 7) is 1.98. The van der Waals surface area contributed by atoms with Gasteiger partial charge >= 0.3 is 0 Å². The van der Waals surface area contributed by atoms with Gasteiger partial charge < -0.3 is 14.4 Å². The quantitative estimate of drug-likeness (QED) is 0.670. The van der Waals surface area contributed by atoms with E-state index in [-0.39, 0.29) is 11.9 Å². The van der Waals surface area contributed by atoms with Gasteiger partial charge in [-0.25, -0.2) is 9.67 Å². The van der Waals surface area contributed by atoms with Gasteiger partial charge in [0.2, 0.25) is 0 Å². The highest BCUT2D eigenvalue weighted by Crippen LogP contribution is 2.28. The largest absolute Gasteiger partial charge is 0.497 e. The monoisotopic (exact) mass is 366 g/mol. The Morgan fingerprint density at radius 1 is 1.11 bits per heavy atom. The highest BCUT2D eigenvalue weighted by molar-refractivity contribution is 5.97. The number of aromatic nitrogens is 3. The van der Waals surface area contributed by atoms with Gasteiger partial charge in [-0.05, 0) is 36.8 Å². The highest BCUT2D eigenvalue weighted by Gasteiger charge is 2.22. The first-order chi connectivity index (χ1) is 13.0. The minimum Gasteiger partial charge on any atom is -0.497 e. The Hall–Kier alpha value is -3.35. The number of ether oxygens (including phenoxy) is 2. The van der Waals surface area contributed by atoms with Crippen molar-refractivity contribution in [2.24, 2.45) is 0 Å². The number of hydrogen-bond acceptors (Lipinski definition) is 5. The first kappa shape index (κ1) is 18.4. The summed E-state index contributed by atoms with van der Waals surface area (Å²) in [5.74, 6) is 1.00. The van der Waals surface area contributed by atoms with Crippen LogP contribution in [0.25, 0.3) is 5.69 Å². The molecule has 0 fully saturated rings. The minimum absolute atomic E-state index is 0.117. The number of benzene rings is 2. The van der Waals surface area contributed by atoms with Crippen molar-refractivity contribution in [3.63, 3.8) is 0 Å². The standard InChI is InChI=1S/C20H22N4O3/c1-14(15-5-7-16(8-6-15)24-13-21-12-22-24)23(2)20(25)18-10-9-17(26-3)11-19(18)27-4/h5-14H,1-4H3. The van der Waals surface area contributed by atoms with E-state index in [2.05, 4.69) is 10.1 Å². The van der Waals surface area contributed by atoms with E-state index in [0.29, 0.717) is 17.1 Å². The normalized spacial score (nSPS) is 11.7. The van der Waals surface area contributed by atoms with Gasteiger partial charge in [0.1, 0.15) is 24.2 Å². The molecule has 7 heteroatoms. The van der Waals surface area contributed by atoms with Gasteiger partial charge in [-0.3, -0.25) is 4.79 Å². The number of hydrogen-bond donors (Lipinski definition) is 0. The Balaban J connectivity index is 1.80. The molecule has 0 aliphatic heterocycles. The number of carbonyl (C=O) groups excluding carboxylic acids is 1. The molecule has 1 heterocycles. The van der Waals surface area contributed by atoms with Gasteiger partial charge in [-0.2, -0.15) is 5.10 Å². The molecule has 0 aliphatic carbocycles. The molecule has 1 unspecified atom stereocenters. The van der Waals surface area contributed by atoms with Gasteiger partial charge in [-0.15, -0.1) is 0 Å². The fourth-order valence-electron chi connectivity index (χ4n) is 2.81. The summed E-state index contributed by atoms with van der Waals surface area (Å²) in [4.78, 5) is 18.6. The Kier molecular flexibility index (Phi) is 5.40. The highest BCUT2D eigenvalue weighted by atomic mass is 16.5. The Morgan fingerprint density at radius 3 is 2.44 bits per heavy atom. The summed E-state index contributed by atoms with van der Waals surface area (Å²) in [5, 5.41) is 4.11. The molecule has 3 aromatic rings. The van der Waals surface area contributed by atoms with Crippen molar-refractivity contribution in [1.82, 2.24) is 19.7 Å². The molecule has 1 amide bonds. The molecular formula is C20H22N4O3. The second-order valence-electron chi connectivity index (χ2n) is 6.09. The Labute approximate surface area is 158 Å². The van der Waals surface area contributed by atoms with E-state index in [1.54, 1.807) is 48.3 Å². The molecule has 0 spiro atoms. The number of carbonyl (C=O) groups is 1. The molecule has 2 aromatic carbocycles. The third-order valence-corrected chi connectivity index (χ3v) is 4.60. The van der Waals surface area contributed by atoms with Gasteiger partial charge in [0, 0.05) is 13.1 Å². The first-order valence-electron chi connectivity index (χ1n) is 8.49. The van der Waals surface area contributed by atoms with Crippen molar-refractivity contribution < 1.29 is 14.3 Å². The van der Waals surface area contributed by atoms with Gasteiger partial charge in [-0.1, -0.05) is 12.1 Å². The lowest BCUT2D eigenvalue weighted by Crippen LogP contribution is -2.30. The van der Waals surface area contributed by atoms with Crippen LogP contribution in [0.5, 0.6) is 11.5 Å². The summed E-state index contributed by atoms with van der Waals surface area (Å²) in [5.41, 5.74) is 2.42. The van der Waals surface area contributed by atoms with Crippen LogP contribution >= 0.6 is 0 Å². The molecule has 0 bridgehead atoms. The number of methoxy groups -OCH3 is 2. The van der Waals surface area contributed by atoms with E-state index >= 15 is 0 Å². The molecule has 7 nitrogen and oxygen atoms in total. The number of rotatable bonds is 6. The molecule has 1 atom stereocenters. The maximum absolute atomic E-state index is 13.0. The summed E-state index contributed by atoms with van der Waals surface area (Å²) in [6, 6.07) is 12.9. The second kappa shape index (κ2) is 7.90. The van der Waals surface area contributed by atoms with Crippen LogP contribution in [-0.2, 0) is 0 Å². The third-order valence-electron chi connectivity index (χ3n) is 4.60. The zero-order valence-electron chi connectivity index (χ0n) is 15.8. The predicted octanol–water partition coefficient (Wildman–Crippen LogP) is 3.12.